The molecule has 0 aliphatic carbocycles. The molecule has 4 nitrogen and oxygen atoms in total. The molecule has 1 unspecified atom stereocenters. The van der Waals surface area contributed by atoms with E-state index >= 15 is 0 Å². The van der Waals surface area contributed by atoms with Crippen LogP contribution in [-0.4, -0.2) is 25.7 Å². The quantitative estimate of drug-likeness (QED) is 0.446. The Labute approximate surface area is 99.8 Å². The molecule has 0 bridgehead atoms. The summed E-state index contributed by atoms with van der Waals surface area (Å²) in [6, 6.07) is 7.11. The SMILES string of the molecule is C=CC(Cc1ccccc1C=O)OC(=O)OC. The van der Waals surface area contributed by atoms with Crippen molar-refractivity contribution in [1.29, 1.82) is 0 Å². The van der Waals surface area contributed by atoms with Crippen LogP contribution < -0.4 is 0 Å². The zero-order valence-electron chi connectivity index (χ0n) is 9.59. The van der Waals surface area contributed by atoms with E-state index in [0.717, 1.165) is 11.8 Å². The molecule has 1 aromatic rings. The van der Waals surface area contributed by atoms with Crippen molar-refractivity contribution in [3.8, 4) is 0 Å². The molecule has 0 amide bonds. The van der Waals surface area contributed by atoms with Crippen molar-refractivity contribution in [3.63, 3.8) is 0 Å². The van der Waals surface area contributed by atoms with E-state index in [1.165, 1.54) is 13.2 Å². The van der Waals surface area contributed by atoms with E-state index in [9.17, 15) is 9.59 Å². The van der Waals surface area contributed by atoms with E-state index in [4.69, 9.17) is 4.74 Å². The molecule has 0 spiro atoms. The van der Waals surface area contributed by atoms with Gasteiger partial charge in [0, 0.05) is 12.0 Å². The number of aldehydes is 1. The van der Waals surface area contributed by atoms with Gasteiger partial charge in [0.2, 0.25) is 0 Å². The second-order valence-corrected chi connectivity index (χ2v) is 3.37. The fourth-order valence-electron chi connectivity index (χ4n) is 1.40. The number of carbonyl (C=O) groups excluding carboxylic acids is 2. The van der Waals surface area contributed by atoms with Crippen LogP contribution >= 0.6 is 0 Å². The highest BCUT2D eigenvalue weighted by atomic mass is 16.7. The van der Waals surface area contributed by atoms with Crippen LogP contribution in [0.25, 0.3) is 0 Å². The minimum atomic E-state index is -0.765. The third kappa shape index (κ3) is 3.75. The number of ether oxygens (including phenoxy) is 2. The largest absolute Gasteiger partial charge is 0.508 e. The molecule has 0 fully saturated rings. The molecular weight excluding hydrogens is 220 g/mol. The zero-order valence-corrected chi connectivity index (χ0v) is 9.59. The number of hydrogen-bond donors (Lipinski definition) is 0. The van der Waals surface area contributed by atoms with Gasteiger partial charge >= 0.3 is 6.16 Å². The van der Waals surface area contributed by atoms with Crippen molar-refractivity contribution in [3.05, 3.63) is 48.0 Å². The molecular formula is C13H14O4. The van der Waals surface area contributed by atoms with Crippen molar-refractivity contribution < 1.29 is 19.1 Å². The van der Waals surface area contributed by atoms with Crippen molar-refractivity contribution >= 4 is 12.4 Å². The first kappa shape index (κ1) is 13.0. The Morgan fingerprint density at radius 1 is 1.47 bits per heavy atom. The average Bonchev–Trinajstić information content (AvgIpc) is 2.38. The van der Waals surface area contributed by atoms with Gasteiger partial charge in [-0.1, -0.05) is 36.9 Å². The summed E-state index contributed by atoms with van der Waals surface area (Å²) in [7, 11) is 1.24. The summed E-state index contributed by atoms with van der Waals surface area (Å²) in [5.41, 5.74) is 1.38. The fourth-order valence-corrected chi connectivity index (χ4v) is 1.40. The molecule has 0 aliphatic heterocycles. The molecule has 1 rings (SSSR count). The van der Waals surface area contributed by atoms with Gasteiger partial charge in [-0.25, -0.2) is 4.79 Å². The second kappa shape index (κ2) is 6.48. The number of rotatable bonds is 5. The highest BCUT2D eigenvalue weighted by molar-refractivity contribution is 5.77. The van der Waals surface area contributed by atoms with Crippen LogP contribution in [0.15, 0.2) is 36.9 Å². The van der Waals surface area contributed by atoms with Crippen molar-refractivity contribution in [2.24, 2.45) is 0 Å². The van der Waals surface area contributed by atoms with Gasteiger partial charge in [-0.15, -0.1) is 0 Å². The summed E-state index contributed by atoms with van der Waals surface area (Å²) < 4.78 is 9.36. The maximum absolute atomic E-state index is 11.0. The van der Waals surface area contributed by atoms with Crippen LogP contribution in [0.5, 0.6) is 0 Å². The van der Waals surface area contributed by atoms with Crippen LogP contribution in [0.2, 0.25) is 0 Å². The minimum absolute atomic E-state index is 0.396. The van der Waals surface area contributed by atoms with Gasteiger partial charge in [0.1, 0.15) is 12.4 Å². The lowest BCUT2D eigenvalue weighted by Crippen LogP contribution is -2.18. The molecule has 0 saturated heterocycles. The van der Waals surface area contributed by atoms with Gasteiger partial charge in [-0.2, -0.15) is 0 Å². The van der Waals surface area contributed by atoms with Crippen molar-refractivity contribution in [1.82, 2.24) is 0 Å². The molecule has 0 heterocycles. The molecule has 0 radical (unpaired) electrons. The maximum Gasteiger partial charge on any atom is 0.508 e. The van der Waals surface area contributed by atoms with Gasteiger partial charge < -0.3 is 9.47 Å². The Hall–Kier alpha value is -2.10. The molecule has 0 N–H and O–H groups in total. The summed E-state index contributed by atoms with van der Waals surface area (Å²) in [5.74, 6) is 0. The molecule has 1 aromatic carbocycles. The fraction of sp³-hybridized carbons (Fsp3) is 0.231. The van der Waals surface area contributed by atoms with E-state index in [2.05, 4.69) is 11.3 Å². The lowest BCUT2D eigenvalue weighted by Gasteiger charge is -2.13. The normalized spacial score (nSPS) is 11.4. The van der Waals surface area contributed by atoms with Gasteiger partial charge in [0.05, 0.1) is 7.11 Å². The van der Waals surface area contributed by atoms with Crippen molar-refractivity contribution in [2.45, 2.75) is 12.5 Å². The summed E-state index contributed by atoms with van der Waals surface area (Å²) in [4.78, 5) is 21.8. The van der Waals surface area contributed by atoms with Crippen molar-refractivity contribution in [2.75, 3.05) is 7.11 Å². The third-order valence-electron chi connectivity index (χ3n) is 2.28. The first-order valence-electron chi connectivity index (χ1n) is 5.11. The van der Waals surface area contributed by atoms with Gasteiger partial charge in [0.15, 0.2) is 0 Å². The van der Waals surface area contributed by atoms with Crippen LogP contribution in [0.1, 0.15) is 15.9 Å². The lowest BCUT2D eigenvalue weighted by atomic mass is 10.0. The van der Waals surface area contributed by atoms with Gasteiger partial charge in [0.25, 0.3) is 0 Å². The van der Waals surface area contributed by atoms with E-state index in [0.29, 0.717) is 12.0 Å². The van der Waals surface area contributed by atoms with Crippen LogP contribution in [-0.2, 0) is 15.9 Å². The lowest BCUT2D eigenvalue weighted by molar-refractivity contribution is 0.0527. The third-order valence-corrected chi connectivity index (χ3v) is 2.28. The summed E-state index contributed by atoms with van der Waals surface area (Å²) >= 11 is 0. The van der Waals surface area contributed by atoms with E-state index in [1.54, 1.807) is 18.2 Å². The summed E-state index contributed by atoms with van der Waals surface area (Å²) in [6.45, 7) is 3.58. The van der Waals surface area contributed by atoms with Gasteiger partial charge in [-0.05, 0) is 5.56 Å². The minimum Gasteiger partial charge on any atom is -0.438 e. The average molecular weight is 234 g/mol. The number of benzene rings is 1. The first-order chi connectivity index (χ1) is 8.21. The Kier molecular flexibility index (Phi) is 4.94. The number of hydrogen-bond acceptors (Lipinski definition) is 4. The van der Waals surface area contributed by atoms with E-state index in [1.807, 2.05) is 6.07 Å². The van der Waals surface area contributed by atoms with Crippen LogP contribution in [0.4, 0.5) is 4.79 Å². The van der Waals surface area contributed by atoms with Gasteiger partial charge in [-0.3, -0.25) is 4.79 Å². The highest BCUT2D eigenvalue weighted by Crippen LogP contribution is 2.12. The first-order valence-corrected chi connectivity index (χ1v) is 5.11. The molecule has 4 heteroatoms. The highest BCUT2D eigenvalue weighted by Gasteiger charge is 2.13. The molecule has 0 aromatic heterocycles. The van der Waals surface area contributed by atoms with E-state index < -0.39 is 12.3 Å². The molecule has 1 atom stereocenters. The topological polar surface area (TPSA) is 52.6 Å². The Morgan fingerprint density at radius 2 is 2.18 bits per heavy atom. The molecule has 0 aliphatic rings. The Balaban J connectivity index is 2.76. The van der Waals surface area contributed by atoms with Crippen LogP contribution in [0.3, 0.4) is 0 Å². The molecule has 17 heavy (non-hydrogen) atoms. The monoisotopic (exact) mass is 234 g/mol. The second-order valence-electron chi connectivity index (χ2n) is 3.37. The molecule has 90 valence electrons. The standard InChI is InChI=1S/C13H14O4/c1-3-12(17-13(15)16-2)8-10-6-4-5-7-11(10)9-14/h3-7,9,12H,1,8H2,2H3. The Bertz CT molecular complexity index is 412. The van der Waals surface area contributed by atoms with E-state index in [-0.39, 0.29) is 0 Å². The maximum atomic E-state index is 11.0. The Morgan fingerprint density at radius 3 is 2.76 bits per heavy atom. The molecule has 0 saturated carbocycles. The smallest absolute Gasteiger partial charge is 0.438 e. The predicted molar refractivity (Wildman–Crippen MR) is 63.0 cm³/mol. The summed E-state index contributed by atoms with van der Waals surface area (Å²) in [6.07, 6.45) is 1.39. The van der Waals surface area contributed by atoms with Crippen LogP contribution in [0, 0.1) is 0 Å². The zero-order chi connectivity index (χ0) is 12.7. The number of carbonyl (C=O) groups is 2. The predicted octanol–water partition coefficient (Wildman–Crippen LogP) is 2.38. The number of methoxy groups -OCH3 is 1. The summed E-state index contributed by atoms with van der Waals surface area (Å²) in [5, 5.41) is 0.